The maximum Gasteiger partial charge on any atom is 0.232 e. The highest BCUT2D eigenvalue weighted by molar-refractivity contribution is 6.04. The normalized spacial score (nSPS) is 11.9. The highest BCUT2D eigenvalue weighted by Gasteiger charge is 2.22. The summed E-state index contributed by atoms with van der Waals surface area (Å²) in [6, 6.07) is 6.70. The summed E-state index contributed by atoms with van der Waals surface area (Å²) in [5.41, 5.74) is 5.74. The molecule has 0 aliphatic heterocycles. The first-order valence-electron chi connectivity index (χ1n) is 4.50. The van der Waals surface area contributed by atoms with Gasteiger partial charge in [-0.3, -0.25) is 9.59 Å². The molecule has 0 heterocycles. The van der Waals surface area contributed by atoms with Gasteiger partial charge in [0.15, 0.2) is 0 Å². The van der Waals surface area contributed by atoms with Crippen molar-refractivity contribution in [2.45, 2.75) is 12.8 Å². The number of nitrogens with two attached hydrogens (primary N) is 1. The van der Waals surface area contributed by atoms with E-state index in [0.717, 1.165) is 0 Å². The van der Waals surface area contributed by atoms with Gasteiger partial charge in [0.05, 0.1) is 7.11 Å². The van der Waals surface area contributed by atoms with Crippen LogP contribution in [0.15, 0.2) is 24.3 Å². The molecule has 0 aliphatic rings. The van der Waals surface area contributed by atoms with Gasteiger partial charge in [0.25, 0.3) is 0 Å². The molecule has 4 nitrogen and oxygen atoms in total. The monoisotopic (exact) mass is 207 g/mol. The number of carbonyl (C=O) groups excluding carboxylic acids is 2. The minimum Gasteiger partial charge on any atom is -0.497 e. The van der Waals surface area contributed by atoms with Crippen LogP contribution in [0.3, 0.4) is 0 Å². The SMILES string of the molecule is COc1ccc(C(C(C)=O)C(N)=O)cc1. The molecule has 4 heteroatoms. The van der Waals surface area contributed by atoms with E-state index in [1.807, 2.05) is 0 Å². The van der Waals surface area contributed by atoms with Crippen LogP contribution in [-0.4, -0.2) is 18.8 Å². The van der Waals surface area contributed by atoms with Crippen LogP contribution in [0.4, 0.5) is 0 Å². The van der Waals surface area contributed by atoms with Gasteiger partial charge in [-0.15, -0.1) is 0 Å². The Balaban J connectivity index is 3.02. The largest absolute Gasteiger partial charge is 0.497 e. The fourth-order valence-electron chi connectivity index (χ4n) is 1.40. The molecule has 2 N–H and O–H groups in total. The summed E-state index contributed by atoms with van der Waals surface area (Å²) in [5.74, 6) is -1.08. The second-order valence-corrected chi connectivity index (χ2v) is 3.22. The summed E-state index contributed by atoms with van der Waals surface area (Å²) in [6.07, 6.45) is 0. The summed E-state index contributed by atoms with van der Waals surface area (Å²) in [6.45, 7) is 1.35. The van der Waals surface area contributed by atoms with E-state index in [1.54, 1.807) is 31.4 Å². The third-order valence-corrected chi connectivity index (χ3v) is 2.14. The molecule has 1 atom stereocenters. The van der Waals surface area contributed by atoms with Crippen LogP contribution >= 0.6 is 0 Å². The zero-order chi connectivity index (χ0) is 11.4. The van der Waals surface area contributed by atoms with Crippen molar-refractivity contribution in [1.82, 2.24) is 0 Å². The molecule has 0 spiro atoms. The standard InChI is InChI=1S/C11H13NO3/c1-7(13)10(11(12)14)8-3-5-9(15-2)6-4-8/h3-6,10H,1-2H3,(H2,12,14). The van der Waals surface area contributed by atoms with E-state index >= 15 is 0 Å². The lowest BCUT2D eigenvalue weighted by atomic mass is 9.95. The van der Waals surface area contributed by atoms with E-state index in [4.69, 9.17) is 10.5 Å². The summed E-state index contributed by atoms with van der Waals surface area (Å²) in [7, 11) is 1.55. The van der Waals surface area contributed by atoms with E-state index in [-0.39, 0.29) is 5.78 Å². The number of methoxy groups -OCH3 is 1. The number of amides is 1. The minimum absolute atomic E-state index is 0.257. The third kappa shape index (κ3) is 2.56. The highest BCUT2D eigenvalue weighted by atomic mass is 16.5. The molecule has 0 bridgehead atoms. The summed E-state index contributed by atoms with van der Waals surface area (Å²) < 4.78 is 4.97. The minimum atomic E-state index is -0.865. The lowest BCUT2D eigenvalue weighted by molar-refractivity contribution is -0.127. The second-order valence-electron chi connectivity index (χ2n) is 3.22. The van der Waals surface area contributed by atoms with Gasteiger partial charge in [-0.05, 0) is 24.6 Å². The number of primary amides is 1. The van der Waals surface area contributed by atoms with Crippen molar-refractivity contribution < 1.29 is 14.3 Å². The van der Waals surface area contributed by atoms with Crippen molar-refractivity contribution >= 4 is 11.7 Å². The highest BCUT2D eigenvalue weighted by Crippen LogP contribution is 2.19. The Kier molecular flexibility index (Phi) is 3.44. The number of ether oxygens (including phenoxy) is 1. The van der Waals surface area contributed by atoms with Crippen LogP contribution in [0.2, 0.25) is 0 Å². The van der Waals surface area contributed by atoms with Gasteiger partial charge in [-0.25, -0.2) is 0 Å². The van der Waals surface area contributed by atoms with Crippen LogP contribution in [-0.2, 0) is 9.59 Å². The Bertz CT molecular complexity index is 356. The number of hydrogen-bond donors (Lipinski definition) is 1. The predicted octanol–water partition coefficient (Wildman–Crippen LogP) is 0.853. The lowest BCUT2D eigenvalue weighted by Gasteiger charge is -2.10. The van der Waals surface area contributed by atoms with Crippen LogP contribution < -0.4 is 10.5 Å². The number of rotatable bonds is 4. The molecule has 80 valence electrons. The maximum atomic E-state index is 11.2. The fourth-order valence-corrected chi connectivity index (χ4v) is 1.40. The van der Waals surface area contributed by atoms with Crippen molar-refractivity contribution in [2.24, 2.45) is 5.73 Å². The maximum absolute atomic E-state index is 11.2. The Morgan fingerprint density at radius 2 is 1.80 bits per heavy atom. The molecule has 1 aromatic rings. The van der Waals surface area contributed by atoms with Gasteiger partial charge >= 0.3 is 0 Å². The van der Waals surface area contributed by atoms with Crippen molar-refractivity contribution in [3.63, 3.8) is 0 Å². The number of carbonyl (C=O) groups is 2. The molecule has 1 unspecified atom stereocenters. The van der Waals surface area contributed by atoms with Gasteiger partial charge in [0, 0.05) is 0 Å². The van der Waals surface area contributed by atoms with Gasteiger partial charge in [0.1, 0.15) is 17.5 Å². The topological polar surface area (TPSA) is 69.4 Å². The van der Waals surface area contributed by atoms with E-state index in [0.29, 0.717) is 11.3 Å². The number of benzene rings is 1. The quantitative estimate of drug-likeness (QED) is 0.744. The molecule has 1 rings (SSSR count). The summed E-state index contributed by atoms with van der Waals surface area (Å²) >= 11 is 0. The first-order valence-corrected chi connectivity index (χ1v) is 4.50. The smallest absolute Gasteiger partial charge is 0.232 e. The Hall–Kier alpha value is -1.84. The predicted molar refractivity (Wildman–Crippen MR) is 55.6 cm³/mol. The van der Waals surface area contributed by atoms with Crippen LogP contribution in [0.25, 0.3) is 0 Å². The molecule has 0 saturated heterocycles. The fraction of sp³-hybridized carbons (Fsp3) is 0.273. The van der Waals surface area contributed by atoms with E-state index in [2.05, 4.69) is 0 Å². The second kappa shape index (κ2) is 4.59. The molecule has 0 aromatic heterocycles. The Morgan fingerprint density at radius 1 is 1.27 bits per heavy atom. The Morgan fingerprint density at radius 3 is 2.13 bits per heavy atom. The molecule has 0 fully saturated rings. The zero-order valence-corrected chi connectivity index (χ0v) is 8.69. The molecule has 1 aromatic carbocycles. The molecule has 0 saturated carbocycles. The molecule has 15 heavy (non-hydrogen) atoms. The van der Waals surface area contributed by atoms with E-state index in [9.17, 15) is 9.59 Å². The van der Waals surface area contributed by atoms with Gasteiger partial charge in [0.2, 0.25) is 5.91 Å². The van der Waals surface area contributed by atoms with Gasteiger partial charge in [-0.2, -0.15) is 0 Å². The molecular weight excluding hydrogens is 194 g/mol. The van der Waals surface area contributed by atoms with Crippen LogP contribution in [0.5, 0.6) is 5.75 Å². The number of Topliss-reactive ketones (excluding diaryl/α,β-unsaturated/α-hetero) is 1. The van der Waals surface area contributed by atoms with Crippen molar-refractivity contribution in [2.75, 3.05) is 7.11 Å². The number of ketones is 1. The van der Waals surface area contributed by atoms with Crippen LogP contribution in [0, 0.1) is 0 Å². The number of hydrogen-bond acceptors (Lipinski definition) is 3. The van der Waals surface area contributed by atoms with E-state index < -0.39 is 11.8 Å². The molecular formula is C11H13NO3. The molecule has 1 amide bonds. The first kappa shape index (κ1) is 11.2. The van der Waals surface area contributed by atoms with Crippen molar-refractivity contribution in [1.29, 1.82) is 0 Å². The van der Waals surface area contributed by atoms with Crippen molar-refractivity contribution in [3.8, 4) is 5.75 Å². The average molecular weight is 207 g/mol. The summed E-state index contributed by atoms with van der Waals surface area (Å²) in [5, 5.41) is 0. The first-order chi connectivity index (χ1) is 7.06. The summed E-state index contributed by atoms with van der Waals surface area (Å²) in [4.78, 5) is 22.3. The molecule has 0 aliphatic carbocycles. The van der Waals surface area contributed by atoms with Crippen molar-refractivity contribution in [3.05, 3.63) is 29.8 Å². The van der Waals surface area contributed by atoms with Gasteiger partial charge < -0.3 is 10.5 Å². The van der Waals surface area contributed by atoms with Gasteiger partial charge in [-0.1, -0.05) is 12.1 Å². The zero-order valence-electron chi connectivity index (χ0n) is 8.69. The van der Waals surface area contributed by atoms with E-state index in [1.165, 1.54) is 6.92 Å². The lowest BCUT2D eigenvalue weighted by Crippen LogP contribution is -2.26. The molecule has 0 radical (unpaired) electrons. The Labute approximate surface area is 88.0 Å². The van der Waals surface area contributed by atoms with Crippen LogP contribution in [0.1, 0.15) is 18.4 Å². The third-order valence-electron chi connectivity index (χ3n) is 2.14. The average Bonchev–Trinajstić information content (AvgIpc) is 2.18.